The lowest BCUT2D eigenvalue weighted by Crippen LogP contribution is -2.34. The largest absolute Gasteiger partial charge is 0.416 e. The van der Waals surface area contributed by atoms with Crippen molar-refractivity contribution in [3.05, 3.63) is 29.8 Å². The van der Waals surface area contributed by atoms with Gasteiger partial charge in [-0.2, -0.15) is 13.2 Å². The number of carbonyl (C=O) groups is 1. The Balaban J connectivity index is 2.66. The molecule has 0 bridgehead atoms. The zero-order valence-corrected chi connectivity index (χ0v) is 11.2. The Kier molecular flexibility index (Phi) is 5.39. The van der Waals surface area contributed by atoms with Crippen LogP contribution in [0.25, 0.3) is 0 Å². The van der Waals surface area contributed by atoms with Crippen molar-refractivity contribution in [3.8, 4) is 0 Å². The van der Waals surface area contributed by atoms with E-state index >= 15 is 0 Å². The number of nitrogens with zero attached hydrogens (tertiary/aromatic N) is 2. The number of anilines is 1. The number of halogens is 3. The molecule has 0 aromatic heterocycles. The van der Waals surface area contributed by atoms with Crippen molar-refractivity contribution < 1.29 is 23.2 Å². The van der Waals surface area contributed by atoms with Gasteiger partial charge in [-0.05, 0) is 18.2 Å². The number of alkyl halides is 3. The molecule has 1 aromatic carbocycles. The summed E-state index contributed by atoms with van der Waals surface area (Å²) in [4.78, 5) is 13.0. The molecule has 1 rings (SSSR count). The molecule has 0 aliphatic rings. The molecule has 0 radical (unpaired) electrons. The van der Waals surface area contributed by atoms with Gasteiger partial charge in [0.25, 0.3) is 0 Å². The number of rotatable bonds is 4. The molecular formula is C12H15F3N4O2. The number of amides is 2. The van der Waals surface area contributed by atoms with E-state index in [1.807, 2.05) is 0 Å². The fourth-order valence-electron chi connectivity index (χ4n) is 1.43. The lowest BCUT2D eigenvalue weighted by molar-refractivity contribution is -0.137. The maximum absolute atomic E-state index is 12.5. The van der Waals surface area contributed by atoms with Crippen molar-refractivity contribution in [2.24, 2.45) is 10.9 Å². The van der Waals surface area contributed by atoms with E-state index in [9.17, 15) is 18.0 Å². The molecule has 9 heteroatoms. The summed E-state index contributed by atoms with van der Waals surface area (Å²) in [6.07, 6.45) is -4.33. The Bertz CT molecular complexity index is 531. The molecule has 0 saturated carbocycles. The number of nitrogens with one attached hydrogen (secondary N) is 1. The van der Waals surface area contributed by atoms with Crippen LogP contribution in [0.3, 0.4) is 0 Å². The third-order valence-corrected chi connectivity index (χ3v) is 2.62. The molecule has 2 amide bonds. The molecule has 0 atom stereocenters. The quantitative estimate of drug-likeness (QED) is 0.345. The van der Waals surface area contributed by atoms with Crippen LogP contribution >= 0.6 is 0 Å². The highest BCUT2D eigenvalue weighted by Gasteiger charge is 2.30. The summed E-state index contributed by atoms with van der Waals surface area (Å²) in [5, 5.41) is 13.5. The molecule has 0 spiro atoms. The maximum Gasteiger partial charge on any atom is 0.416 e. The highest BCUT2D eigenvalue weighted by atomic mass is 19.4. The van der Waals surface area contributed by atoms with Crippen LogP contribution in [0, 0.1) is 0 Å². The zero-order valence-electron chi connectivity index (χ0n) is 11.2. The van der Waals surface area contributed by atoms with E-state index in [0.29, 0.717) is 0 Å². The van der Waals surface area contributed by atoms with E-state index in [1.165, 1.54) is 24.1 Å². The van der Waals surface area contributed by atoms with Crippen molar-refractivity contribution in [2.45, 2.75) is 12.6 Å². The van der Waals surface area contributed by atoms with E-state index in [4.69, 9.17) is 10.9 Å². The van der Waals surface area contributed by atoms with Crippen LogP contribution in [-0.4, -0.2) is 35.6 Å². The van der Waals surface area contributed by atoms with Gasteiger partial charge in [0.2, 0.25) is 0 Å². The average molecular weight is 304 g/mol. The number of urea groups is 1. The van der Waals surface area contributed by atoms with Gasteiger partial charge in [-0.25, -0.2) is 4.79 Å². The summed E-state index contributed by atoms with van der Waals surface area (Å²) >= 11 is 0. The molecule has 4 N–H and O–H groups in total. The van der Waals surface area contributed by atoms with Crippen molar-refractivity contribution in [3.63, 3.8) is 0 Å². The zero-order chi connectivity index (χ0) is 16.0. The SMILES string of the molecule is CN(CC/C(N)=N/O)C(=O)Nc1cccc(C(F)(F)F)c1. The van der Waals surface area contributed by atoms with Gasteiger partial charge in [0.05, 0.1) is 5.56 Å². The minimum Gasteiger partial charge on any atom is -0.409 e. The molecule has 0 fully saturated rings. The first-order chi connectivity index (χ1) is 9.74. The molecule has 0 aliphatic carbocycles. The van der Waals surface area contributed by atoms with E-state index in [-0.39, 0.29) is 24.5 Å². The molecule has 21 heavy (non-hydrogen) atoms. The Morgan fingerprint density at radius 1 is 1.48 bits per heavy atom. The molecule has 0 heterocycles. The second-order valence-electron chi connectivity index (χ2n) is 4.27. The predicted octanol–water partition coefficient (Wildman–Crippen LogP) is 2.31. The highest BCUT2D eigenvalue weighted by molar-refractivity contribution is 5.89. The third kappa shape index (κ3) is 5.21. The standard InChI is InChI=1S/C12H15F3N4O2/c1-19(6-5-10(16)18-21)11(20)17-9-4-2-3-8(7-9)12(13,14)15/h2-4,7,21H,5-6H2,1H3,(H2,16,18)(H,17,20). The highest BCUT2D eigenvalue weighted by Crippen LogP contribution is 2.30. The summed E-state index contributed by atoms with van der Waals surface area (Å²) in [5.41, 5.74) is 4.44. The Labute approximate surface area is 119 Å². The monoisotopic (exact) mass is 304 g/mol. The second-order valence-corrected chi connectivity index (χ2v) is 4.27. The van der Waals surface area contributed by atoms with E-state index in [0.717, 1.165) is 12.1 Å². The maximum atomic E-state index is 12.5. The fraction of sp³-hybridized carbons (Fsp3) is 0.333. The van der Waals surface area contributed by atoms with Gasteiger partial charge in [-0.1, -0.05) is 11.2 Å². The van der Waals surface area contributed by atoms with Crippen LogP contribution in [0.5, 0.6) is 0 Å². The van der Waals surface area contributed by atoms with Gasteiger partial charge in [0, 0.05) is 25.7 Å². The van der Waals surface area contributed by atoms with Crippen LogP contribution in [0.2, 0.25) is 0 Å². The minimum absolute atomic E-state index is 0.0328. The van der Waals surface area contributed by atoms with Crippen LogP contribution in [0.15, 0.2) is 29.4 Å². The third-order valence-electron chi connectivity index (χ3n) is 2.62. The molecule has 6 nitrogen and oxygen atoms in total. The van der Waals surface area contributed by atoms with Crippen LogP contribution < -0.4 is 11.1 Å². The summed E-state index contributed by atoms with van der Waals surface area (Å²) < 4.78 is 37.6. The first-order valence-corrected chi connectivity index (χ1v) is 5.90. The van der Waals surface area contributed by atoms with E-state index < -0.39 is 17.8 Å². The Hall–Kier alpha value is -2.45. The van der Waals surface area contributed by atoms with Crippen molar-refractivity contribution in [1.82, 2.24) is 4.90 Å². The molecule has 0 unspecified atom stereocenters. The Morgan fingerprint density at radius 3 is 2.71 bits per heavy atom. The topological polar surface area (TPSA) is 90.9 Å². The van der Waals surface area contributed by atoms with E-state index in [1.54, 1.807) is 0 Å². The van der Waals surface area contributed by atoms with Gasteiger partial charge < -0.3 is 21.2 Å². The number of benzene rings is 1. The van der Waals surface area contributed by atoms with Crippen molar-refractivity contribution >= 4 is 17.6 Å². The molecule has 0 aliphatic heterocycles. The predicted molar refractivity (Wildman–Crippen MR) is 71.1 cm³/mol. The fourth-order valence-corrected chi connectivity index (χ4v) is 1.43. The minimum atomic E-state index is -4.47. The molecule has 116 valence electrons. The molecule has 0 saturated heterocycles. The van der Waals surface area contributed by atoms with Gasteiger partial charge >= 0.3 is 12.2 Å². The average Bonchev–Trinajstić information content (AvgIpc) is 2.43. The number of hydrogen-bond donors (Lipinski definition) is 3. The second kappa shape index (κ2) is 6.82. The number of hydrogen-bond acceptors (Lipinski definition) is 3. The first kappa shape index (κ1) is 16.6. The Morgan fingerprint density at radius 2 is 2.14 bits per heavy atom. The number of nitrogens with two attached hydrogens (primary N) is 1. The smallest absolute Gasteiger partial charge is 0.409 e. The number of carbonyl (C=O) groups excluding carboxylic acids is 1. The number of oxime groups is 1. The van der Waals surface area contributed by atoms with Crippen LogP contribution in [0.1, 0.15) is 12.0 Å². The van der Waals surface area contributed by atoms with Gasteiger partial charge in [0.15, 0.2) is 0 Å². The summed E-state index contributed by atoms with van der Waals surface area (Å²) in [6.45, 7) is 0.153. The van der Waals surface area contributed by atoms with Crippen molar-refractivity contribution in [1.29, 1.82) is 0 Å². The molecule has 1 aromatic rings. The summed E-state index contributed by atoms with van der Waals surface area (Å²) in [6, 6.07) is 3.71. The normalized spacial score (nSPS) is 12.1. The first-order valence-electron chi connectivity index (χ1n) is 5.90. The van der Waals surface area contributed by atoms with E-state index in [2.05, 4.69) is 10.5 Å². The number of amidine groups is 1. The van der Waals surface area contributed by atoms with Crippen LogP contribution in [-0.2, 0) is 6.18 Å². The lowest BCUT2D eigenvalue weighted by Gasteiger charge is -2.18. The lowest BCUT2D eigenvalue weighted by atomic mass is 10.2. The molecular weight excluding hydrogens is 289 g/mol. The van der Waals surface area contributed by atoms with Gasteiger partial charge in [-0.3, -0.25) is 0 Å². The van der Waals surface area contributed by atoms with Gasteiger partial charge in [-0.15, -0.1) is 0 Å². The van der Waals surface area contributed by atoms with Gasteiger partial charge in [0.1, 0.15) is 5.84 Å². The summed E-state index contributed by atoms with van der Waals surface area (Å²) in [5.74, 6) is -0.0475. The summed E-state index contributed by atoms with van der Waals surface area (Å²) in [7, 11) is 1.44. The van der Waals surface area contributed by atoms with Crippen molar-refractivity contribution in [2.75, 3.05) is 18.9 Å². The van der Waals surface area contributed by atoms with Crippen LogP contribution in [0.4, 0.5) is 23.7 Å².